The summed E-state index contributed by atoms with van der Waals surface area (Å²) in [5.41, 5.74) is -0.269. The van der Waals surface area contributed by atoms with Crippen molar-refractivity contribution in [3.05, 3.63) is 0 Å². The summed E-state index contributed by atoms with van der Waals surface area (Å²) in [6.07, 6.45) is 0. The van der Waals surface area contributed by atoms with E-state index in [1.165, 1.54) is 18.9 Å². The highest BCUT2D eigenvalue weighted by atomic mass is 32.2. The third kappa shape index (κ3) is 0.952. The molecule has 1 amide bonds. The van der Waals surface area contributed by atoms with Crippen LogP contribution in [0, 0.1) is 0 Å². The number of carbonyl (C=O) groups is 1. The molecule has 1 rings (SSSR count). The first-order valence-electron chi connectivity index (χ1n) is 2.26. The Balaban J connectivity index is 2.42. The Kier molecular flexibility index (Phi) is 1.75. The molecule has 0 aliphatic carbocycles. The minimum atomic E-state index is -0.269. The van der Waals surface area contributed by atoms with Crippen LogP contribution in [0.1, 0.15) is 0 Å². The van der Waals surface area contributed by atoms with Gasteiger partial charge in [0.05, 0.1) is 5.88 Å². The second-order valence-corrected chi connectivity index (χ2v) is 2.47. The molecule has 3 nitrogen and oxygen atoms in total. The zero-order chi connectivity index (χ0) is 5.98. The second kappa shape index (κ2) is 2.37. The molecule has 1 aliphatic heterocycles. The number of amides is 1. The summed E-state index contributed by atoms with van der Waals surface area (Å²) in [6.45, 7) is 0. The predicted molar refractivity (Wildman–Crippen MR) is 31.4 cm³/mol. The van der Waals surface area contributed by atoms with E-state index in [0.29, 0.717) is 5.88 Å². The molecule has 1 N–H and O–H groups in total. The topological polar surface area (TPSA) is 38.3 Å². The van der Waals surface area contributed by atoms with Crippen LogP contribution in [0.5, 0.6) is 0 Å². The van der Waals surface area contributed by atoms with E-state index in [2.05, 4.69) is 5.32 Å². The van der Waals surface area contributed by atoms with Gasteiger partial charge in [-0.05, 0) is 0 Å². The first-order chi connectivity index (χ1) is 3.84. The second-order valence-electron chi connectivity index (χ2n) is 1.42. The smallest absolute Gasteiger partial charge is 0.260 e. The van der Waals surface area contributed by atoms with Crippen molar-refractivity contribution in [2.75, 3.05) is 13.0 Å². The summed E-state index contributed by atoms with van der Waals surface area (Å²) in [5.74, 6) is 0.662. The third-order valence-corrected chi connectivity index (χ3v) is 1.93. The molecule has 0 aromatic carbocycles. The zero-order valence-corrected chi connectivity index (χ0v) is 5.33. The highest BCUT2D eigenvalue weighted by Crippen LogP contribution is 2.15. The van der Waals surface area contributed by atoms with Crippen molar-refractivity contribution in [1.82, 2.24) is 5.32 Å². The molecule has 1 saturated heterocycles. The van der Waals surface area contributed by atoms with Gasteiger partial charge in [-0.1, -0.05) is 11.8 Å². The molecule has 0 spiro atoms. The lowest BCUT2D eigenvalue weighted by atomic mass is 10.6. The van der Waals surface area contributed by atoms with Crippen LogP contribution in [0.25, 0.3) is 0 Å². The van der Waals surface area contributed by atoms with E-state index in [1.807, 2.05) is 0 Å². The standard InChI is InChI=1S/C4H7NO2S/c1-7-4-3(6)5-2-8-4/h4H,2H2,1H3,(H,5,6). The number of ether oxygens (including phenoxy) is 1. The fourth-order valence-electron chi connectivity index (χ4n) is 0.523. The van der Waals surface area contributed by atoms with E-state index in [4.69, 9.17) is 4.74 Å². The molecule has 0 aromatic rings. The Morgan fingerprint density at radius 2 is 2.75 bits per heavy atom. The molecule has 4 heteroatoms. The monoisotopic (exact) mass is 133 g/mol. The van der Waals surface area contributed by atoms with Gasteiger partial charge in [0.25, 0.3) is 5.91 Å². The Labute approximate surface area is 51.8 Å². The van der Waals surface area contributed by atoms with Crippen LogP contribution in [0.15, 0.2) is 0 Å². The number of methoxy groups -OCH3 is 1. The predicted octanol–water partition coefficient (Wildman–Crippen LogP) is -0.221. The number of carbonyl (C=O) groups excluding carboxylic acids is 1. The number of nitrogens with one attached hydrogen (secondary N) is 1. The lowest BCUT2D eigenvalue weighted by molar-refractivity contribution is -0.125. The van der Waals surface area contributed by atoms with Gasteiger partial charge in [0.2, 0.25) is 0 Å². The van der Waals surface area contributed by atoms with Crippen molar-refractivity contribution < 1.29 is 9.53 Å². The van der Waals surface area contributed by atoms with E-state index < -0.39 is 0 Å². The van der Waals surface area contributed by atoms with Crippen LogP contribution < -0.4 is 5.32 Å². The highest BCUT2D eigenvalue weighted by Gasteiger charge is 2.23. The quantitative estimate of drug-likeness (QED) is 0.537. The van der Waals surface area contributed by atoms with E-state index >= 15 is 0 Å². The normalized spacial score (nSPS) is 28.1. The molecule has 8 heavy (non-hydrogen) atoms. The molecule has 0 radical (unpaired) electrons. The van der Waals surface area contributed by atoms with E-state index in [0.717, 1.165) is 0 Å². The molecular weight excluding hydrogens is 126 g/mol. The van der Waals surface area contributed by atoms with Crippen LogP contribution in [-0.4, -0.2) is 24.3 Å². The van der Waals surface area contributed by atoms with Crippen LogP contribution in [-0.2, 0) is 9.53 Å². The van der Waals surface area contributed by atoms with Crippen LogP contribution in [0.4, 0.5) is 0 Å². The van der Waals surface area contributed by atoms with E-state index in [9.17, 15) is 4.79 Å². The number of hydrogen-bond acceptors (Lipinski definition) is 3. The molecular formula is C4H7NO2S. The maximum atomic E-state index is 10.5. The van der Waals surface area contributed by atoms with Crippen molar-refractivity contribution in [2.24, 2.45) is 0 Å². The SMILES string of the molecule is COC1SCNC1=O. The molecule has 1 aliphatic rings. The first-order valence-corrected chi connectivity index (χ1v) is 3.31. The van der Waals surface area contributed by atoms with Crippen LogP contribution in [0.3, 0.4) is 0 Å². The van der Waals surface area contributed by atoms with Crippen LogP contribution in [0.2, 0.25) is 0 Å². The average Bonchev–Trinajstić information content (AvgIpc) is 2.14. The summed E-state index contributed by atoms with van der Waals surface area (Å²) < 4.78 is 4.77. The number of hydrogen-bond donors (Lipinski definition) is 1. The Morgan fingerprint density at radius 1 is 2.00 bits per heavy atom. The maximum Gasteiger partial charge on any atom is 0.260 e. The molecule has 0 bridgehead atoms. The summed E-state index contributed by atoms with van der Waals surface area (Å²) in [6, 6.07) is 0. The van der Waals surface area contributed by atoms with Crippen molar-refractivity contribution in [2.45, 2.75) is 5.44 Å². The minimum Gasteiger partial charge on any atom is -0.361 e. The van der Waals surface area contributed by atoms with Crippen molar-refractivity contribution in [3.8, 4) is 0 Å². The van der Waals surface area contributed by atoms with Gasteiger partial charge in [-0.15, -0.1) is 0 Å². The van der Waals surface area contributed by atoms with Gasteiger partial charge in [0, 0.05) is 7.11 Å². The van der Waals surface area contributed by atoms with Gasteiger partial charge in [0.15, 0.2) is 5.44 Å². The van der Waals surface area contributed by atoms with Crippen molar-refractivity contribution in [1.29, 1.82) is 0 Å². The van der Waals surface area contributed by atoms with Crippen LogP contribution >= 0.6 is 11.8 Å². The molecule has 0 saturated carbocycles. The van der Waals surface area contributed by atoms with Crippen molar-refractivity contribution >= 4 is 17.7 Å². The number of rotatable bonds is 1. The van der Waals surface area contributed by atoms with Gasteiger partial charge >= 0.3 is 0 Å². The summed E-state index contributed by atoms with van der Waals surface area (Å²) in [5, 5.41) is 2.62. The Hall–Kier alpha value is -0.220. The maximum absolute atomic E-state index is 10.5. The lowest BCUT2D eigenvalue weighted by Crippen LogP contribution is -2.23. The minimum absolute atomic E-state index is 0.0162. The fourth-order valence-corrected chi connectivity index (χ4v) is 1.27. The summed E-state index contributed by atoms with van der Waals surface area (Å²) in [4.78, 5) is 10.5. The van der Waals surface area contributed by atoms with Crippen molar-refractivity contribution in [3.63, 3.8) is 0 Å². The molecule has 46 valence electrons. The first kappa shape index (κ1) is 5.91. The van der Waals surface area contributed by atoms with Gasteiger partial charge in [-0.25, -0.2) is 0 Å². The average molecular weight is 133 g/mol. The summed E-state index contributed by atoms with van der Waals surface area (Å²) in [7, 11) is 1.53. The Morgan fingerprint density at radius 3 is 3.00 bits per heavy atom. The largest absolute Gasteiger partial charge is 0.361 e. The third-order valence-electron chi connectivity index (χ3n) is 0.909. The summed E-state index contributed by atoms with van der Waals surface area (Å²) >= 11 is 1.47. The lowest BCUT2D eigenvalue weighted by Gasteiger charge is -1.98. The van der Waals surface area contributed by atoms with Gasteiger partial charge < -0.3 is 10.1 Å². The molecule has 0 aromatic heterocycles. The molecule has 1 fully saturated rings. The van der Waals surface area contributed by atoms with Gasteiger partial charge in [-0.2, -0.15) is 0 Å². The highest BCUT2D eigenvalue weighted by molar-refractivity contribution is 8.00. The Bertz CT molecular complexity index is 106. The zero-order valence-electron chi connectivity index (χ0n) is 4.51. The number of thioether (sulfide) groups is 1. The molecule has 1 atom stereocenters. The molecule has 1 heterocycles. The van der Waals surface area contributed by atoms with E-state index in [-0.39, 0.29) is 11.3 Å². The van der Waals surface area contributed by atoms with Gasteiger partial charge in [-0.3, -0.25) is 4.79 Å². The molecule has 1 unspecified atom stereocenters. The van der Waals surface area contributed by atoms with Gasteiger partial charge in [0.1, 0.15) is 0 Å². The fraction of sp³-hybridized carbons (Fsp3) is 0.750. The van der Waals surface area contributed by atoms with E-state index in [1.54, 1.807) is 0 Å².